The topological polar surface area (TPSA) is 97.3 Å². The number of benzene rings is 4. The van der Waals surface area contributed by atoms with E-state index in [0.29, 0.717) is 29.4 Å². The van der Waals surface area contributed by atoms with Crippen LogP contribution in [0.4, 0.5) is 5.69 Å². The molecule has 2 N–H and O–H groups in total. The molecular weight excluding hydrogens is 628 g/mol. The molecule has 2 atom stereocenters. The van der Waals surface area contributed by atoms with Crippen LogP contribution in [0, 0.1) is 5.92 Å². The first kappa shape index (κ1) is 33.7. The number of aryl methyl sites for hydroxylation is 1. The van der Waals surface area contributed by atoms with E-state index < -0.39 is 11.9 Å². The van der Waals surface area contributed by atoms with Gasteiger partial charge in [-0.2, -0.15) is 0 Å². The Morgan fingerprint density at radius 3 is 2.24 bits per heavy atom. The van der Waals surface area contributed by atoms with Gasteiger partial charge in [-0.15, -0.1) is 0 Å². The molecule has 4 aromatic carbocycles. The second-order valence-corrected chi connectivity index (χ2v) is 13.9. The quantitative estimate of drug-likeness (QED) is 0.170. The summed E-state index contributed by atoms with van der Waals surface area (Å²) in [5, 5.41) is 13.9. The zero-order valence-electron chi connectivity index (χ0n) is 28.8. The third kappa shape index (κ3) is 7.22. The van der Waals surface area contributed by atoms with E-state index in [1.54, 1.807) is 18.2 Å². The number of fused-ring (bicyclic) bond motifs is 1. The minimum Gasteiger partial charge on any atom is -0.508 e. The molecule has 0 radical (unpaired) electrons. The van der Waals surface area contributed by atoms with Crippen molar-refractivity contribution in [1.29, 1.82) is 0 Å². The molecule has 8 heteroatoms. The number of anilines is 1. The Bertz CT molecular complexity index is 1800. The first-order valence-electron chi connectivity index (χ1n) is 17.8. The number of carbonyl (C=O) groups is 2. The molecule has 260 valence electrons. The molecule has 0 aromatic heterocycles. The van der Waals surface area contributed by atoms with Gasteiger partial charge in [0.15, 0.2) is 0 Å². The molecule has 50 heavy (non-hydrogen) atoms. The second-order valence-electron chi connectivity index (χ2n) is 13.9. The van der Waals surface area contributed by atoms with Crippen molar-refractivity contribution in [3.8, 4) is 11.5 Å². The van der Waals surface area contributed by atoms with Gasteiger partial charge in [-0.1, -0.05) is 48.5 Å². The van der Waals surface area contributed by atoms with Crippen LogP contribution in [0.15, 0.2) is 91.0 Å². The second kappa shape index (κ2) is 15.0. The molecule has 8 nitrogen and oxygen atoms in total. The molecule has 1 saturated heterocycles. The summed E-state index contributed by atoms with van der Waals surface area (Å²) in [7, 11) is 2.57. The number of nitrogens with zero attached hydrogens (tertiary/aromatic N) is 1. The number of rotatable bonds is 10. The van der Waals surface area contributed by atoms with E-state index in [2.05, 4.69) is 70.9 Å². The van der Waals surface area contributed by atoms with E-state index in [-0.39, 0.29) is 23.1 Å². The number of ether oxygens (including phenoxy) is 3. The van der Waals surface area contributed by atoms with Crippen LogP contribution in [0.3, 0.4) is 0 Å². The van der Waals surface area contributed by atoms with Crippen molar-refractivity contribution in [2.45, 2.75) is 62.5 Å². The average Bonchev–Trinajstić information content (AvgIpc) is 3.15. The highest BCUT2D eigenvalue weighted by Crippen LogP contribution is 2.47. The number of aromatic hydroxyl groups is 1. The maximum absolute atomic E-state index is 12.2. The van der Waals surface area contributed by atoms with Gasteiger partial charge in [0.2, 0.25) is 0 Å². The van der Waals surface area contributed by atoms with Crippen LogP contribution in [-0.4, -0.2) is 63.0 Å². The van der Waals surface area contributed by atoms with Gasteiger partial charge in [0.05, 0.1) is 25.3 Å². The largest absolute Gasteiger partial charge is 0.508 e. The fourth-order valence-corrected chi connectivity index (χ4v) is 8.08. The summed E-state index contributed by atoms with van der Waals surface area (Å²) >= 11 is 0. The summed E-state index contributed by atoms with van der Waals surface area (Å²) in [5.41, 5.74) is 6.88. The number of hydrogen-bond acceptors (Lipinski definition) is 8. The number of phenolic OH excluding ortho intramolecular Hbond substituents is 1. The predicted octanol–water partition coefficient (Wildman–Crippen LogP) is 7.24. The van der Waals surface area contributed by atoms with Crippen LogP contribution in [0.5, 0.6) is 11.5 Å². The van der Waals surface area contributed by atoms with Gasteiger partial charge in [-0.25, -0.2) is 9.59 Å². The van der Waals surface area contributed by atoms with Crippen LogP contribution in [0.2, 0.25) is 0 Å². The summed E-state index contributed by atoms with van der Waals surface area (Å²) < 4.78 is 15.8. The molecule has 1 heterocycles. The zero-order chi connectivity index (χ0) is 34.6. The number of carbonyl (C=O) groups excluding carboxylic acids is 2. The number of hydrogen-bond donors (Lipinski definition) is 2. The predicted molar refractivity (Wildman–Crippen MR) is 193 cm³/mol. The number of piperidine rings is 1. The third-order valence-electron chi connectivity index (χ3n) is 10.9. The summed E-state index contributed by atoms with van der Waals surface area (Å²) in [5.74, 6) is 1.00. The average molecular weight is 675 g/mol. The molecular formula is C42H46N2O6. The van der Waals surface area contributed by atoms with Crippen LogP contribution in [-0.2, 0) is 15.9 Å². The highest BCUT2D eigenvalue weighted by Gasteiger charge is 2.34. The van der Waals surface area contributed by atoms with E-state index in [0.717, 1.165) is 58.2 Å². The van der Waals surface area contributed by atoms with Gasteiger partial charge >= 0.3 is 11.9 Å². The Hall–Kier alpha value is -4.82. The maximum Gasteiger partial charge on any atom is 0.338 e. The van der Waals surface area contributed by atoms with Gasteiger partial charge in [-0.05, 0) is 122 Å². The minimum atomic E-state index is -0.600. The maximum atomic E-state index is 12.2. The SMILES string of the molecule is COC(=O)c1ccc(OC2CC(NCC3CCN(c4ccc(C5c6ccc(O)cc6CCC5c5ccccc5)cc4)CC3)C2)cc1C(=O)OC. The van der Waals surface area contributed by atoms with Crippen molar-refractivity contribution >= 4 is 17.6 Å². The molecule has 7 rings (SSSR count). The molecule has 2 unspecified atom stereocenters. The first-order valence-corrected chi connectivity index (χ1v) is 17.8. The lowest BCUT2D eigenvalue weighted by molar-refractivity contribution is 0.0552. The molecule has 0 bridgehead atoms. The number of nitrogens with one attached hydrogen (secondary N) is 1. The van der Waals surface area contributed by atoms with E-state index in [4.69, 9.17) is 14.2 Å². The van der Waals surface area contributed by atoms with Crippen molar-refractivity contribution in [2.75, 3.05) is 38.8 Å². The van der Waals surface area contributed by atoms with Crippen LogP contribution >= 0.6 is 0 Å². The van der Waals surface area contributed by atoms with E-state index in [1.807, 2.05) is 12.1 Å². The normalized spacial score (nSPS) is 21.8. The van der Waals surface area contributed by atoms with Gasteiger partial charge in [0.25, 0.3) is 0 Å². The zero-order valence-corrected chi connectivity index (χ0v) is 28.8. The summed E-state index contributed by atoms with van der Waals surface area (Å²) in [6.07, 6.45) is 6.20. The molecule has 2 aliphatic carbocycles. The Kier molecular flexibility index (Phi) is 10.1. The molecule has 0 spiro atoms. The summed E-state index contributed by atoms with van der Waals surface area (Å²) in [6, 6.07) is 31.3. The van der Waals surface area contributed by atoms with Crippen molar-refractivity contribution in [2.24, 2.45) is 5.92 Å². The van der Waals surface area contributed by atoms with Crippen molar-refractivity contribution < 1.29 is 28.9 Å². The van der Waals surface area contributed by atoms with Gasteiger partial charge in [-0.3, -0.25) is 0 Å². The van der Waals surface area contributed by atoms with E-state index in [1.165, 1.54) is 42.2 Å². The monoisotopic (exact) mass is 674 g/mol. The van der Waals surface area contributed by atoms with Crippen LogP contribution in [0.1, 0.15) is 86.9 Å². The van der Waals surface area contributed by atoms with E-state index >= 15 is 0 Å². The van der Waals surface area contributed by atoms with Crippen LogP contribution < -0.4 is 15.0 Å². The van der Waals surface area contributed by atoms with Crippen molar-refractivity contribution in [3.05, 3.63) is 124 Å². The van der Waals surface area contributed by atoms with Gasteiger partial charge in [0, 0.05) is 30.7 Å². The highest BCUT2D eigenvalue weighted by atomic mass is 16.5. The molecule has 0 amide bonds. The molecule has 2 fully saturated rings. The Morgan fingerprint density at radius 2 is 1.52 bits per heavy atom. The smallest absolute Gasteiger partial charge is 0.338 e. The highest BCUT2D eigenvalue weighted by molar-refractivity contribution is 6.03. The molecule has 4 aromatic rings. The van der Waals surface area contributed by atoms with Crippen molar-refractivity contribution in [1.82, 2.24) is 5.32 Å². The molecule has 3 aliphatic rings. The lowest BCUT2D eigenvalue weighted by Gasteiger charge is -2.39. The fraction of sp³-hybridized carbons (Fsp3) is 0.381. The van der Waals surface area contributed by atoms with E-state index in [9.17, 15) is 14.7 Å². The first-order chi connectivity index (χ1) is 24.4. The number of phenols is 1. The summed E-state index contributed by atoms with van der Waals surface area (Å²) in [4.78, 5) is 26.8. The Balaban J connectivity index is 0.901. The minimum absolute atomic E-state index is 0.0593. The van der Waals surface area contributed by atoms with Gasteiger partial charge in [0.1, 0.15) is 17.6 Å². The Labute approximate surface area is 294 Å². The summed E-state index contributed by atoms with van der Waals surface area (Å²) in [6.45, 7) is 3.09. The van der Waals surface area contributed by atoms with Crippen LogP contribution in [0.25, 0.3) is 0 Å². The number of methoxy groups -OCH3 is 2. The Morgan fingerprint density at radius 1 is 0.800 bits per heavy atom. The van der Waals surface area contributed by atoms with Crippen molar-refractivity contribution in [3.63, 3.8) is 0 Å². The number of esters is 2. The lowest BCUT2D eigenvalue weighted by Crippen LogP contribution is -2.49. The van der Waals surface area contributed by atoms with Gasteiger partial charge < -0.3 is 29.5 Å². The lowest BCUT2D eigenvalue weighted by atomic mass is 9.69. The fourth-order valence-electron chi connectivity index (χ4n) is 8.08. The molecule has 1 saturated carbocycles. The molecule has 1 aliphatic heterocycles. The third-order valence-corrected chi connectivity index (χ3v) is 10.9. The standard InChI is InChI=1S/C42H46N2O6/c1-48-41(46)38-17-14-34(25-39(38)42(47)49-2)50-35-23-31(24-35)43-26-27-18-20-44(21-19-27)32-11-8-29(9-12-32)40-36(28-6-4-3-5-7-28)15-10-30-22-33(45)13-16-37(30)40/h3-9,11-14,16-17,22,25,27,31,35-36,40,43,45H,10,15,18-21,23-24,26H2,1-2H3.